The molecule has 2 aromatic rings. The third-order valence-corrected chi connectivity index (χ3v) is 6.93. The molecule has 6 nitrogen and oxygen atoms in total. The molecule has 2 aromatic carbocycles. The molecule has 158 valence electrons. The molecule has 0 aromatic heterocycles. The molecule has 2 rings (SSSR count). The van der Waals surface area contributed by atoms with E-state index in [1.54, 1.807) is 26.0 Å². The summed E-state index contributed by atoms with van der Waals surface area (Å²) in [5, 5.41) is 2.72. The summed E-state index contributed by atoms with van der Waals surface area (Å²) in [6.45, 7) is 8.43. The Balaban J connectivity index is 2.08. The fourth-order valence-corrected chi connectivity index (χ4v) is 4.53. The number of nitrogens with zero attached hydrogens (tertiary/aromatic N) is 1. The van der Waals surface area contributed by atoms with Crippen LogP contribution in [0.5, 0.6) is 5.75 Å². The van der Waals surface area contributed by atoms with E-state index in [-0.39, 0.29) is 17.4 Å². The third-order valence-electron chi connectivity index (χ3n) is 4.88. The van der Waals surface area contributed by atoms with E-state index < -0.39 is 10.0 Å². The summed E-state index contributed by atoms with van der Waals surface area (Å²) in [5.41, 5.74) is 1.48. The van der Waals surface area contributed by atoms with Gasteiger partial charge in [0.1, 0.15) is 5.75 Å². The van der Waals surface area contributed by atoms with E-state index in [0.717, 1.165) is 12.0 Å². The first-order valence-electron chi connectivity index (χ1n) is 9.95. The highest BCUT2D eigenvalue weighted by Crippen LogP contribution is 2.28. The maximum Gasteiger partial charge on any atom is 0.262 e. The molecule has 0 bridgehead atoms. The van der Waals surface area contributed by atoms with E-state index in [1.807, 2.05) is 24.3 Å². The van der Waals surface area contributed by atoms with E-state index in [1.165, 1.54) is 16.4 Å². The van der Waals surface area contributed by atoms with Gasteiger partial charge in [-0.2, -0.15) is 4.31 Å². The highest BCUT2D eigenvalue weighted by molar-refractivity contribution is 7.89. The predicted octanol–water partition coefficient (Wildman–Crippen LogP) is 4.25. The van der Waals surface area contributed by atoms with Crippen molar-refractivity contribution < 1.29 is 17.9 Å². The Hall–Kier alpha value is -2.38. The number of carbonyl (C=O) groups is 1. The molecule has 0 unspecified atom stereocenters. The van der Waals surface area contributed by atoms with Gasteiger partial charge >= 0.3 is 0 Å². The maximum absolute atomic E-state index is 12.7. The van der Waals surface area contributed by atoms with Gasteiger partial charge in [-0.1, -0.05) is 52.0 Å². The average molecular weight is 419 g/mol. The molecule has 1 N–H and O–H groups in total. The molecular weight excluding hydrogens is 388 g/mol. The van der Waals surface area contributed by atoms with Crippen molar-refractivity contribution in [1.29, 1.82) is 0 Å². The van der Waals surface area contributed by atoms with Crippen molar-refractivity contribution in [2.45, 2.75) is 44.9 Å². The zero-order valence-electron chi connectivity index (χ0n) is 17.5. The normalized spacial score (nSPS) is 12.6. The number of benzene rings is 2. The maximum atomic E-state index is 12.7. The van der Waals surface area contributed by atoms with Crippen molar-refractivity contribution in [3.8, 4) is 5.75 Å². The van der Waals surface area contributed by atoms with Gasteiger partial charge in [0.25, 0.3) is 5.91 Å². The Kier molecular flexibility index (Phi) is 8.22. The summed E-state index contributed by atoms with van der Waals surface area (Å²) in [5.74, 6) is 0.674. The van der Waals surface area contributed by atoms with Crippen LogP contribution in [-0.4, -0.2) is 38.3 Å². The van der Waals surface area contributed by atoms with Crippen LogP contribution in [0.4, 0.5) is 5.69 Å². The first kappa shape index (κ1) is 22.9. The number of rotatable bonds is 10. The van der Waals surface area contributed by atoms with Gasteiger partial charge in [0.05, 0.1) is 4.90 Å². The van der Waals surface area contributed by atoms with Crippen LogP contribution in [-0.2, 0) is 14.8 Å². The number of amides is 1. The second kappa shape index (κ2) is 10.4. The second-order valence-corrected chi connectivity index (χ2v) is 8.74. The molecule has 7 heteroatoms. The Morgan fingerprint density at radius 1 is 1.07 bits per heavy atom. The van der Waals surface area contributed by atoms with Crippen LogP contribution < -0.4 is 10.1 Å². The highest BCUT2D eigenvalue weighted by atomic mass is 32.2. The lowest BCUT2D eigenvalue weighted by Gasteiger charge is -2.19. The first-order valence-corrected chi connectivity index (χ1v) is 11.4. The van der Waals surface area contributed by atoms with E-state index in [9.17, 15) is 13.2 Å². The number of anilines is 1. The van der Waals surface area contributed by atoms with Crippen LogP contribution in [0, 0.1) is 0 Å². The van der Waals surface area contributed by atoms with Crippen LogP contribution in [0.1, 0.15) is 45.6 Å². The molecule has 0 fully saturated rings. The number of ether oxygens (including phenoxy) is 1. The van der Waals surface area contributed by atoms with Crippen molar-refractivity contribution in [2.75, 3.05) is 25.0 Å². The summed E-state index contributed by atoms with van der Waals surface area (Å²) in [7, 11) is -3.58. The average Bonchev–Trinajstić information content (AvgIpc) is 2.72. The van der Waals surface area contributed by atoms with Crippen molar-refractivity contribution in [2.24, 2.45) is 0 Å². The fourth-order valence-electron chi connectivity index (χ4n) is 3.03. The fraction of sp³-hybridized carbons (Fsp3) is 0.409. The zero-order valence-corrected chi connectivity index (χ0v) is 18.3. The minimum Gasteiger partial charge on any atom is -0.483 e. The largest absolute Gasteiger partial charge is 0.483 e. The number of sulfonamides is 1. The third kappa shape index (κ3) is 5.81. The second-order valence-electron chi connectivity index (χ2n) is 6.80. The lowest BCUT2D eigenvalue weighted by atomic mass is 9.98. The summed E-state index contributed by atoms with van der Waals surface area (Å²) in [4.78, 5) is 12.5. The van der Waals surface area contributed by atoms with E-state index in [0.29, 0.717) is 30.4 Å². The van der Waals surface area contributed by atoms with E-state index >= 15 is 0 Å². The molecule has 1 amide bonds. The Bertz CT molecular complexity index is 924. The molecule has 0 heterocycles. The quantitative estimate of drug-likeness (QED) is 0.626. The molecular formula is C22H30N2O4S. The molecule has 29 heavy (non-hydrogen) atoms. The molecule has 0 aliphatic heterocycles. The monoisotopic (exact) mass is 418 g/mol. The number of hydrogen-bond acceptors (Lipinski definition) is 4. The summed E-state index contributed by atoms with van der Waals surface area (Å²) < 4.78 is 32.4. The van der Waals surface area contributed by atoms with Crippen LogP contribution in [0.15, 0.2) is 53.4 Å². The van der Waals surface area contributed by atoms with Gasteiger partial charge in [-0.15, -0.1) is 0 Å². The van der Waals surface area contributed by atoms with Gasteiger partial charge in [0.15, 0.2) is 6.61 Å². The predicted molar refractivity (Wildman–Crippen MR) is 116 cm³/mol. The molecule has 1 atom stereocenters. The van der Waals surface area contributed by atoms with Gasteiger partial charge in [0.2, 0.25) is 10.0 Å². The van der Waals surface area contributed by atoms with Crippen LogP contribution in [0.2, 0.25) is 0 Å². The van der Waals surface area contributed by atoms with Gasteiger partial charge in [-0.25, -0.2) is 8.42 Å². The number of nitrogens with one attached hydrogen (secondary N) is 1. The van der Waals surface area contributed by atoms with Gasteiger partial charge in [0, 0.05) is 18.8 Å². The standard InChI is InChI=1S/C22H30N2O4S/c1-5-17(4)20-13-8-9-14-21(20)28-16-22(25)23-18-11-10-12-19(15-18)29(26,27)24(6-2)7-3/h8-15,17H,5-7,16H2,1-4H3,(H,23,25)/t17-/m0/s1. The van der Waals surface area contributed by atoms with Crippen molar-refractivity contribution in [3.63, 3.8) is 0 Å². The molecule has 0 aliphatic rings. The molecule has 0 spiro atoms. The minimum absolute atomic E-state index is 0.152. The highest BCUT2D eigenvalue weighted by Gasteiger charge is 2.22. The van der Waals surface area contributed by atoms with E-state index in [2.05, 4.69) is 19.2 Å². The lowest BCUT2D eigenvalue weighted by molar-refractivity contribution is -0.118. The summed E-state index contributed by atoms with van der Waals surface area (Å²) in [6, 6.07) is 14.0. The topological polar surface area (TPSA) is 75.7 Å². The molecule has 0 radical (unpaired) electrons. The smallest absolute Gasteiger partial charge is 0.262 e. The van der Waals surface area contributed by atoms with Gasteiger partial charge < -0.3 is 10.1 Å². The summed E-state index contributed by atoms with van der Waals surface area (Å²) in [6.07, 6.45) is 0.973. The van der Waals surface area contributed by atoms with Crippen LogP contribution >= 0.6 is 0 Å². The molecule has 0 saturated heterocycles. The first-order chi connectivity index (χ1) is 13.8. The van der Waals surface area contributed by atoms with Crippen LogP contribution in [0.3, 0.4) is 0 Å². The van der Waals surface area contributed by atoms with Crippen molar-refractivity contribution >= 4 is 21.6 Å². The Labute approximate surface area is 173 Å². The number of hydrogen-bond donors (Lipinski definition) is 1. The zero-order chi connectivity index (χ0) is 21.4. The van der Waals surface area contributed by atoms with Gasteiger partial charge in [-0.3, -0.25) is 4.79 Å². The SMILES string of the molecule is CC[C@H](C)c1ccccc1OCC(=O)Nc1cccc(S(=O)(=O)N(CC)CC)c1. The van der Waals surface area contributed by atoms with Crippen molar-refractivity contribution in [3.05, 3.63) is 54.1 Å². The van der Waals surface area contributed by atoms with Gasteiger partial charge in [-0.05, 0) is 42.2 Å². The van der Waals surface area contributed by atoms with E-state index in [4.69, 9.17) is 4.74 Å². The molecule has 0 saturated carbocycles. The summed E-state index contributed by atoms with van der Waals surface area (Å²) >= 11 is 0. The Morgan fingerprint density at radius 2 is 1.76 bits per heavy atom. The van der Waals surface area contributed by atoms with Crippen LogP contribution in [0.25, 0.3) is 0 Å². The lowest BCUT2D eigenvalue weighted by Crippen LogP contribution is -2.30. The Morgan fingerprint density at radius 3 is 2.41 bits per heavy atom. The van der Waals surface area contributed by atoms with Crippen molar-refractivity contribution in [1.82, 2.24) is 4.31 Å². The number of para-hydroxylation sites is 1. The molecule has 0 aliphatic carbocycles. The number of carbonyl (C=O) groups excluding carboxylic acids is 1. The minimum atomic E-state index is -3.58.